The predicted molar refractivity (Wildman–Crippen MR) is 137 cm³/mol. The molecule has 1 unspecified atom stereocenters. The Morgan fingerprint density at radius 2 is 1.67 bits per heavy atom. The van der Waals surface area contributed by atoms with Crippen molar-refractivity contribution in [3.8, 4) is 17.2 Å². The normalized spacial score (nSPS) is 15.8. The number of hydrogen-bond acceptors (Lipinski definition) is 5. The van der Waals surface area contributed by atoms with Crippen LogP contribution in [0.25, 0.3) is 0 Å². The summed E-state index contributed by atoms with van der Waals surface area (Å²) in [4.78, 5) is 29.5. The Morgan fingerprint density at radius 3 is 2.39 bits per heavy atom. The van der Waals surface area contributed by atoms with Crippen molar-refractivity contribution in [3.63, 3.8) is 0 Å². The van der Waals surface area contributed by atoms with Gasteiger partial charge in [-0.05, 0) is 73.4 Å². The van der Waals surface area contributed by atoms with Gasteiger partial charge >= 0.3 is 0 Å². The van der Waals surface area contributed by atoms with E-state index in [-0.39, 0.29) is 23.6 Å². The summed E-state index contributed by atoms with van der Waals surface area (Å²) in [6, 6.07) is 18.2. The molecular weight excluding hydrogens is 456 g/mol. The zero-order valence-electron chi connectivity index (χ0n) is 20.3. The Hall–Kier alpha value is -4.00. The number of ether oxygens (including phenoxy) is 2. The molecule has 2 N–H and O–H groups in total. The number of anilines is 1. The summed E-state index contributed by atoms with van der Waals surface area (Å²) in [5, 5.41) is 13.1. The Kier molecular flexibility index (Phi) is 6.80. The summed E-state index contributed by atoms with van der Waals surface area (Å²) < 4.78 is 11.3. The lowest BCUT2D eigenvalue weighted by Gasteiger charge is -2.33. The van der Waals surface area contributed by atoms with Gasteiger partial charge in [-0.3, -0.25) is 14.5 Å². The Bertz CT molecular complexity index is 1250. The highest BCUT2D eigenvalue weighted by atomic mass is 16.6. The number of aryl methyl sites for hydroxylation is 1. The fourth-order valence-corrected chi connectivity index (χ4v) is 4.90. The minimum Gasteiger partial charge on any atom is -0.508 e. The molecule has 0 aromatic heterocycles. The maximum absolute atomic E-state index is 14.2. The van der Waals surface area contributed by atoms with Crippen molar-refractivity contribution in [2.45, 2.75) is 44.7 Å². The Balaban J connectivity index is 1.60. The van der Waals surface area contributed by atoms with Gasteiger partial charge in [-0.15, -0.1) is 0 Å². The second-order valence-electron chi connectivity index (χ2n) is 9.36. The van der Waals surface area contributed by atoms with Gasteiger partial charge < -0.3 is 19.9 Å². The first kappa shape index (κ1) is 23.7. The van der Waals surface area contributed by atoms with Gasteiger partial charge in [0.15, 0.2) is 11.5 Å². The molecule has 3 aromatic carbocycles. The number of benzene rings is 3. The average molecular weight is 487 g/mol. The standard InChI is InChI=1S/C29H30N2O5/c1-19-5-4-8-23(17-19)31(29(34)21-11-14-25-26(18-21)36-16-15-35-25)27(20-9-12-24(32)13-10-20)28(33)30-22-6-2-3-7-22/h4-5,8-14,17-18,22,27,32H,2-3,6-7,15-16H2,1H3,(H,30,33). The molecule has 0 radical (unpaired) electrons. The van der Waals surface area contributed by atoms with Crippen LogP contribution >= 0.6 is 0 Å². The molecule has 0 bridgehead atoms. The van der Waals surface area contributed by atoms with Crippen molar-refractivity contribution >= 4 is 17.5 Å². The minimum atomic E-state index is -0.936. The third-order valence-corrected chi connectivity index (χ3v) is 6.70. The number of rotatable bonds is 6. The van der Waals surface area contributed by atoms with E-state index in [0.717, 1.165) is 31.2 Å². The molecular formula is C29H30N2O5. The lowest BCUT2D eigenvalue weighted by molar-refractivity contribution is -0.123. The SMILES string of the molecule is Cc1cccc(N(C(=O)c2ccc3c(c2)OCCO3)C(C(=O)NC2CCCC2)c2ccc(O)cc2)c1. The predicted octanol–water partition coefficient (Wildman–Crippen LogP) is 4.92. The van der Waals surface area contributed by atoms with Crippen LogP contribution in [0.3, 0.4) is 0 Å². The van der Waals surface area contributed by atoms with Crippen molar-refractivity contribution < 1.29 is 24.2 Å². The van der Waals surface area contributed by atoms with Crippen LogP contribution in [0.1, 0.15) is 53.2 Å². The number of carbonyl (C=O) groups is 2. The Morgan fingerprint density at radius 1 is 0.944 bits per heavy atom. The second-order valence-corrected chi connectivity index (χ2v) is 9.36. The van der Waals surface area contributed by atoms with Gasteiger partial charge in [-0.25, -0.2) is 0 Å². The topological polar surface area (TPSA) is 88.1 Å². The molecule has 2 aliphatic rings. The van der Waals surface area contributed by atoms with Crippen molar-refractivity contribution in [1.29, 1.82) is 0 Å². The van der Waals surface area contributed by atoms with E-state index in [1.807, 2.05) is 31.2 Å². The number of nitrogens with one attached hydrogen (secondary N) is 1. The van der Waals surface area contributed by atoms with Gasteiger partial charge in [-0.1, -0.05) is 37.1 Å². The summed E-state index contributed by atoms with van der Waals surface area (Å²) in [5.74, 6) is 0.605. The summed E-state index contributed by atoms with van der Waals surface area (Å²) in [6.45, 7) is 2.82. The first-order valence-electron chi connectivity index (χ1n) is 12.4. The molecule has 0 saturated heterocycles. The molecule has 1 aliphatic carbocycles. The van der Waals surface area contributed by atoms with E-state index in [0.29, 0.717) is 41.5 Å². The smallest absolute Gasteiger partial charge is 0.259 e. The fraction of sp³-hybridized carbons (Fsp3) is 0.310. The molecule has 3 aromatic rings. The van der Waals surface area contributed by atoms with Gasteiger partial charge in [0.2, 0.25) is 5.91 Å². The lowest BCUT2D eigenvalue weighted by atomic mass is 10.00. The van der Waals surface area contributed by atoms with Crippen LogP contribution in [-0.4, -0.2) is 36.2 Å². The van der Waals surface area contributed by atoms with Gasteiger partial charge in [-0.2, -0.15) is 0 Å². The first-order chi connectivity index (χ1) is 17.5. The third kappa shape index (κ3) is 5.00. The zero-order chi connectivity index (χ0) is 25.1. The molecule has 1 fully saturated rings. The van der Waals surface area contributed by atoms with Crippen LogP contribution in [-0.2, 0) is 4.79 Å². The fourth-order valence-electron chi connectivity index (χ4n) is 4.90. The van der Waals surface area contributed by atoms with Crippen LogP contribution < -0.4 is 19.7 Å². The van der Waals surface area contributed by atoms with Gasteiger partial charge in [0.05, 0.1) is 0 Å². The van der Waals surface area contributed by atoms with Crippen LogP contribution in [0, 0.1) is 6.92 Å². The molecule has 1 aliphatic heterocycles. The number of nitrogens with zero attached hydrogens (tertiary/aromatic N) is 1. The highest BCUT2D eigenvalue weighted by Gasteiger charge is 2.35. The summed E-state index contributed by atoms with van der Waals surface area (Å²) in [7, 11) is 0. The number of fused-ring (bicyclic) bond motifs is 1. The van der Waals surface area contributed by atoms with Crippen molar-refractivity contribution in [3.05, 3.63) is 83.4 Å². The molecule has 1 heterocycles. The number of carbonyl (C=O) groups excluding carboxylic acids is 2. The summed E-state index contributed by atoms with van der Waals surface area (Å²) >= 11 is 0. The zero-order valence-corrected chi connectivity index (χ0v) is 20.3. The van der Waals surface area contributed by atoms with E-state index in [1.54, 1.807) is 30.3 Å². The van der Waals surface area contributed by atoms with Crippen LogP contribution in [0.2, 0.25) is 0 Å². The van der Waals surface area contributed by atoms with E-state index in [4.69, 9.17) is 9.47 Å². The number of phenols is 1. The maximum Gasteiger partial charge on any atom is 0.259 e. The van der Waals surface area contributed by atoms with Crippen molar-refractivity contribution in [2.75, 3.05) is 18.1 Å². The van der Waals surface area contributed by atoms with E-state index in [9.17, 15) is 14.7 Å². The molecule has 1 atom stereocenters. The van der Waals surface area contributed by atoms with E-state index in [1.165, 1.54) is 17.0 Å². The highest BCUT2D eigenvalue weighted by Crippen LogP contribution is 2.35. The monoisotopic (exact) mass is 486 g/mol. The number of aromatic hydroxyl groups is 1. The molecule has 0 spiro atoms. The first-order valence-corrected chi connectivity index (χ1v) is 12.4. The minimum absolute atomic E-state index is 0.0841. The molecule has 7 nitrogen and oxygen atoms in total. The van der Waals surface area contributed by atoms with Crippen molar-refractivity contribution in [1.82, 2.24) is 5.32 Å². The molecule has 36 heavy (non-hydrogen) atoms. The third-order valence-electron chi connectivity index (χ3n) is 6.70. The van der Waals surface area contributed by atoms with Crippen LogP contribution in [0.5, 0.6) is 17.2 Å². The number of amides is 2. The maximum atomic E-state index is 14.2. The highest BCUT2D eigenvalue weighted by molar-refractivity contribution is 6.10. The second kappa shape index (κ2) is 10.3. The number of hydrogen-bond donors (Lipinski definition) is 2. The van der Waals surface area contributed by atoms with Crippen LogP contribution in [0.15, 0.2) is 66.7 Å². The quantitative estimate of drug-likeness (QED) is 0.517. The largest absolute Gasteiger partial charge is 0.508 e. The molecule has 2 amide bonds. The van der Waals surface area contributed by atoms with Gasteiger partial charge in [0.1, 0.15) is 25.0 Å². The molecule has 7 heteroatoms. The van der Waals surface area contributed by atoms with Crippen molar-refractivity contribution in [2.24, 2.45) is 0 Å². The summed E-state index contributed by atoms with van der Waals surface area (Å²) in [5.41, 5.74) is 2.57. The van der Waals surface area contributed by atoms with Gasteiger partial charge in [0.25, 0.3) is 5.91 Å². The lowest BCUT2D eigenvalue weighted by Crippen LogP contribution is -2.46. The molecule has 186 valence electrons. The molecule has 1 saturated carbocycles. The van der Waals surface area contributed by atoms with E-state index < -0.39 is 6.04 Å². The summed E-state index contributed by atoms with van der Waals surface area (Å²) in [6.07, 6.45) is 4.00. The van der Waals surface area contributed by atoms with Crippen LogP contribution in [0.4, 0.5) is 5.69 Å². The Labute approximate surface area is 210 Å². The molecule has 5 rings (SSSR count). The van der Waals surface area contributed by atoms with E-state index >= 15 is 0 Å². The van der Waals surface area contributed by atoms with Gasteiger partial charge in [0, 0.05) is 17.3 Å². The average Bonchev–Trinajstić information content (AvgIpc) is 3.40. The van der Waals surface area contributed by atoms with E-state index in [2.05, 4.69) is 5.32 Å². The number of phenolic OH excluding ortho intramolecular Hbond substituents is 1.